The van der Waals surface area contributed by atoms with Crippen molar-refractivity contribution in [3.63, 3.8) is 0 Å². The zero-order chi connectivity index (χ0) is 10.6. The van der Waals surface area contributed by atoms with E-state index in [0.29, 0.717) is 11.9 Å². The molecule has 1 saturated carbocycles. The summed E-state index contributed by atoms with van der Waals surface area (Å²) in [5, 5.41) is 11.6. The lowest BCUT2D eigenvalue weighted by atomic mass is 9.93. The molecule has 0 bridgehead atoms. The molecule has 1 aliphatic rings. The Morgan fingerprint density at radius 3 is 2.50 bits per heavy atom. The summed E-state index contributed by atoms with van der Waals surface area (Å²) >= 11 is 0. The molecular weight excluding hydrogens is 178 g/mol. The average molecular weight is 199 g/mol. The van der Waals surface area contributed by atoms with Gasteiger partial charge in [0.2, 0.25) is 0 Å². The predicted molar refractivity (Wildman–Crippen MR) is 57.5 cm³/mol. The number of rotatable bonds is 3. The second-order valence-electron chi connectivity index (χ2n) is 4.16. The van der Waals surface area contributed by atoms with E-state index in [4.69, 9.17) is 10.9 Å². The van der Waals surface area contributed by atoms with Gasteiger partial charge >= 0.3 is 0 Å². The predicted octanol–water partition coefficient (Wildman–Crippen LogP) is 1.39. The second-order valence-corrected chi connectivity index (χ2v) is 4.16. The molecule has 0 aliphatic heterocycles. The standard InChI is InChI=1S/C10H21N3O/c1-8(10(11)12-14)13(2)9-6-4-3-5-7-9/h8-9,14H,3-7H2,1-2H3,(H2,11,12). The van der Waals surface area contributed by atoms with Crippen molar-refractivity contribution < 1.29 is 5.21 Å². The third kappa shape index (κ3) is 2.61. The van der Waals surface area contributed by atoms with Crippen LogP contribution in [0.15, 0.2) is 5.16 Å². The minimum atomic E-state index is 0.0306. The SMILES string of the molecule is CC(C(N)=NO)N(C)C1CCCCC1. The molecule has 0 aromatic rings. The van der Waals surface area contributed by atoms with E-state index in [1.807, 2.05) is 6.92 Å². The minimum absolute atomic E-state index is 0.0306. The summed E-state index contributed by atoms with van der Waals surface area (Å²) in [6.45, 7) is 1.98. The first-order chi connectivity index (χ1) is 6.66. The van der Waals surface area contributed by atoms with Gasteiger partial charge in [0.15, 0.2) is 5.84 Å². The Bertz CT molecular complexity index is 200. The first-order valence-corrected chi connectivity index (χ1v) is 5.36. The fourth-order valence-corrected chi connectivity index (χ4v) is 2.10. The van der Waals surface area contributed by atoms with Gasteiger partial charge in [-0.3, -0.25) is 4.90 Å². The maximum atomic E-state index is 8.59. The normalized spacial score (nSPS) is 22.6. The number of hydrogen-bond donors (Lipinski definition) is 2. The van der Waals surface area contributed by atoms with Gasteiger partial charge in [-0.1, -0.05) is 24.4 Å². The summed E-state index contributed by atoms with van der Waals surface area (Å²) in [6.07, 6.45) is 6.43. The number of oxime groups is 1. The van der Waals surface area contributed by atoms with Crippen LogP contribution in [0.5, 0.6) is 0 Å². The molecule has 14 heavy (non-hydrogen) atoms. The van der Waals surface area contributed by atoms with Crippen molar-refractivity contribution in [1.82, 2.24) is 4.90 Å². The van der Waals surface area contributed by atoms with Gasteiger partial charge < -0.3 is 10.9 Å². The highest BCUT2D eigenvalue weighted by atomic mass is 16.4. The van der Waals surface area contributed by atoms with Gasteiger partial charge in [0.05, 0.1) is 6.04 Å². The van der Waals surface area contributed by atoms with Crippen molar-refractivity contribution >= 4 is 5.84 Å². The Hall–Kier alpha value is -0.770. The molecule has 1 fully saturated rings. The Labute approximate surface area is 85.8 Å². The van der Waals surface area contributed by atoms with Crippen LogP contribution in [0, 0.1) is 0 Å². The molecule has 1 atom stereocenters. The van der Waals surface area contributed by atoms with E-state index in [9.17, 15) is 0 Å². The molecule has 4 heteroatoms. The van der Waals surface area contributed by atoms with Gasteiger partial charge in [-0.15, -0.1) is 0 Å². The number of nitrogens with zero attached hydrogens (tertiary/aromatic N) is 2. The fraction of sp³-hybridized carbons (Fsp3) is 0.900. The second kappa shape index (κ2) is 5.20. The molecule has 0 spiro atoms. The van der Waals surface area contributed by atoms with E-state index in [2.05, 4.69) is 17.1 Å². The summed E-state index contributed by atoms with van der Waals surface area (Å²) in [6, 6.07) is 0.627. The molecule has 82 valence electrons. The van der Waals surface area contributed by atoms with Crippen molar-refractivity contribution in [1.29, 1.82) is 0 Å². The largest absolute Gasteiger partial charge is 0.409 e. The summed E-state index contributed by atoms with van der Waals surface area (Å²) < 4.78 is 0. The Morgan fingerprint density at radius 1 is 1.43 bits per heavy atom. The van der Waals surface area contributed by atoms with Crippen molar-refractivity contribution in [2.45, 2.75) is 51.1 Å². The van der Waals surface area contributed by atoms with E-state index < -0.39 is 0 Å². The van der Waals surface area contributed by atoms with Crippen LogP contribution < -0.4 is 5.73 Å². The molecule has 3 N–H and O–H groups in total. The first-order valence-electron chi connectivity index (χ1n) is 5.36. The molecule has 1 rings (SSSR count). The smallest absolute Gasteiger partial charge is 0.156 e. The van der Waals surface area contributed by atoms with Crippen LogP contribution in [0.3, 0.4) is 0 Å². The van der Waals surface area contributed by atoms with Crippen LogP contribution in [0.2, 0.25) is 0 Å². The lowest BCUT2D eigenvalue weighted by molar-refractivity contribution is 0.173. The van der Waals surface area contributed by atoms with Gasteiger partial charge in [0.25, 0.3) is 0 Å². The highest BCUT2D eigenvalue weighted by Gasteiger charge is 2.23. The van der Waals surface area contributed by atoms with Crippen LogP contribution in [-0.4, -0.2) is 35.1 Å². The van der Waals surface area contributed by atoms with Crippen molar-refractivity contribution in [2.24, 2.45) is 10.9 Å². The topological polar surface area (TPSA) is 61.9 Å². The van der Waals surface area contributed by atoms with E-state index >= 15 is 0 Å². The Balaban J connectivity index is 2.49. The van der Waals surface area contributed by atoms with Crippen LogP contribution in [-0.2, 0) is 0 Å². The highest BCUT2D eigenvalue weighted by molar-refractivity contribution is 5.84. The van der Waals surface area contributed by atoms with Gasteiger partial charge in [0, 0.05) is 6.04 Å². The summed E-state index contributed by atoms with van der Waals surface area (Å²) in [7, 11) is 2.05. The molecule has 4 nitrogen and oxygen atoms in total. The number of likely N-dealkylation sites (N-methyl/N-ethyl adjacent to an activating group) is 1. The van der Waals surface area contributed by atoms with Crippen LogP contribution in [0.25, 0.3) is 0 Å². The van der Waals surface area contributed by atoms with E-state index in [1.165, 1.54) is 32.1 Å². The van der Waals surface area contributed by atoms with Crippen molar-refractivity contribution in [3.05, 3.63) is 0 Å². The summed E-state index contributed by atoms with van der Waals surface area (Å²) in [5.41, 5.74) is 5.58. The molecule has 0 heterocycles. The maximum Gasteiger partial charge on any atom is 0.156 e. The van der Waals surface area contributed by atoms with Crippen LogP contribution in [0.4, 0.5) is 0 Å². The number of amidine groups is 1. The first kappa shape index (κ1) is 11.3. The molecule has 0 saturated heterocycles. The average Bonchev–Trinajstić information content (AvgIpc) is 2.27. The fourth-order valence-electron chi connectivity index (χ4n) is 2.10. The molecule has 0 amide bonds. The van der Waals surface area contributed by atoms with Gasteiger partial charge in [-0.2, -0.15) is 0 Å². The molecule has 1 unspecified atom stereocenters. The van der Waals surface area contributed by atoms with E-state index in [1.54, 1.807) is 0 Å². The van der Waals surface area contributed by atoms with Crippen LogP contribution >= 0.6 is 0 Å². The van der Waals surface area contributed by atoms with Gasteiger partial charge in [-0.05, 0) is 26.8 Å². The minimum Gasteiger partial charge on any atom is -0.409 e. The molecule has 0 aromatic carbocycles. The zero-order valence-electron chi connectivity index (χ0n) is 9.11. The lowest BCUT2D eigenvalue weighted by Gasteiger charge is -2.34. The Morgan fingerprint density at radius 2 is 2.00 bits per heavy atom. The van der Waals surface area contributed by atoms with Crippen molar-refractivity contribution in [2.75, 3.05) is 7.05 Å². The zero-order valence-corrected chi connectivity index (χ0v) is 9.11. The third-order valence-electron chi connectivity index (χ3n) is 3.31. The monoisotopic (exact) mass is 199 g/mol. The molecular formula is C10H21N3O. The highest BCUT2D eigenvalue weighted by Crippen LogP contribution is 2.22. The number of nitrogens with two attached hydrogens (primary N) is 1. The van der Waals surface area contributed by atoms with Gasteiger partial charge in [-0.25, -0.2) is 0 Å². The number of hydrogen-bond acceptors (Lipinski definition) is 3. The van der Waals surface area contributed by atoms with Crippen molar-refractivity contribution in [3.8, 4) is 0 Å². The lowest BCUT2D eigenvalue weighted by Crippen LogP contribution is -2.46. The quantitative estimate of drug-likeness (QED) is 0.312. The third-order valence-corrected chi connectivity index (χ3v) is 3.31. The van der Waals surface area contributed by atoms with E-state index in [-0.39, 0.29) is 6.04 Å². The Kier molecular flexibility index (Phi) is 4.20. The molecule has 0 radical (unpaired) electrons. The van der Waals surface area contributed by atoms with E-state index in [0.717, 1.165) is 0 Å². The van der Waals surface area contributed by atoms with Gasteiger partial charge in [0.1, 0.15) is 0 Å². The molecule has 0 aromatic heterocycles. The molecule has 1 aliphatic carbocycles. The van der Waals surface area contributed by atoms with Crippen LogP contribution in [0.1, 0.15) is 39.0 Å². The summed E-state index contributed by atoms with van der Waals surface area (Å²) in [4.78, 5) is 2.22. The maximum absolute atomic E-state index is 8.59. The summed E-state index contributed by atoms with van der Waals surface area (Å²) in [5.74, 6) is 0.304.